The van der Waals surface area contributed by atoms with Gasteiger partial charge in [-0.2, -0.15) is 0 Å². The number of benzene rings is 1. The summed E-state index contributed by atoms with van der Waals surface area (Å²) < 4.78 is 5.64. The van der Waals surface area contributed by atoms with Gasteiger partial charge in [-0.1, -0.05) is 0 Å². The van der Waals surface area contributed by atoms with Gasteiger partial charge in [0.1, 0.15) is 0 Å². The van der Waals surface area contributed by atoms with Crippen LogP contribution in [0.25, 0.3) is 0 Å². The van der Waals surface area contributed by atoms with E-state index in [2.05, 4.69) is 41.8 Å². The monoisotopic (exact) mass is 257 g/mol. The molecule has 0 aromatic heterocycles. The van der Waals surface area contributed by atoms with Crippen molar-refractivity contribution in [2.24, 2.45) is 0 Å². The minimum atomic E-state index is -1.02. The molecular formula is C10H16GeOP. The van der Waals surface area contributed by atoms with E-state index in [-0.39, 0.29) is 0 Å². The maximum absolute atomic E-state index is 5.64. The van der Waals surface area contributed by atoms with E-state index in [0.717, 1.165) is 15.2 Å². The summed E-state index contributed by atoms with van der Waals surface area (Å²) >= 11 is -1.02. The molecule has 0 aliphatic rings. The molecule has 1 aromatic carbocycles. The van der Waals surface area contributed by atoms with Gasteiger partial charge in [0.15, 0.2) is 0 Å². The molecule has 1 atom stereocenters. The molecule has 1 aromatic rings. The molecule has 0 amide bonds. The van der Waals surface area contributed by atoms with Crippen LogP contribution < -0.4 is 5.30 Å². The Balaban J connectivity index is 2.13. The first-order valence-electron chi connectivity index (χ1n) is 4.51. The Bertz CT molecular complexity index is 226. The first-order valence-corrected chi connectivity index (χ1v) is 10.8. The van der Waals surface area contributed by atoms with Crippen molar-refractivity contribution >= 4 is 28.6 Å². The Labute approximate surface area is 87.1 Å². The fourth-order valence-electron chi connectivity index (χ4n) is 1.01. The van der Waals surface area contributed by atoms with Crippen LogP contribution in [-0.4, -0.2) is 27.5 Å². The Morgan fingerprint density at radius 1 is 1.23 bits per heavy atom. The van der Waals surface area contributed by atoms with Gasteiger partial charge < -0.3 is 0 Å². The molecule has 0 fully saturated rings. The molecule has 1 radical (unpaired) electrons. The quantitative estimate of drug-likeness (QED) is 0.446. The second kappa shape index (κ2) is 6.58. The minimum absolute atomic E-state index is 0.906. The van der Waals surface area contributed by atoms with E-state index in [4.69, 9.17) is 3.76 Å². The molecule has 0 aliphatic carbocycles. The topological polar surface area (TPSA) is 9.23 Å². The van der Waals surface area contributed by atoms with Crippen LogP contribution in [0.3, 0.4) is 0 Å². The van der Waals surface area contributed by atoms with Crippen LogP contribution in [0, 0.1) is 0 Å². The van der Waals surface area contributed by atoms with Crippen molar-refractivity contribution in [2.75, 3.05) is 12.8 Å². The third-order valence-corrected chi connectivity index (χ3v) is 4.43. The van der Waals surface area contributed by atoms with Gasteiger partial charge in [-0.25, -0.2) is 0 Å². The zero-order valence-corrected chi connectivity index (χ0v) is 11.3. The molecule has 0 saturated carbocycles. The van der Waals surface area contributed by atoms with Crippen LogP contribution in [0.2, 0.25) is 11.5 Å². The SMILES string of the molecule is [CH3][Ge]([CH3])[O]CCPc1ccccc1. The Morgan fingerprint density at radius 2 is 1.92 bits per heavy atom. The Kier molecular flexibility index (Phi) is 5.69. The van der Waals surface area contributed by atoms with Crippen molar-refractivity contribution in [2.45, 2.75) is 11.5 Å². The Morgan fingerprint density at radius 3 is 2.54 bits per heavy atom. The third-order valence-electron chi connectivity index (χ3n) is 1.60. The number of rotatable bonds is 5. The van der Waals surface area contributed by atoms with Gasteiger partial charge in [-0.15, -0.1) is 0 Å². The van der Waals surface area contributed by atoms with Gasteiger partial charge in [0.05, 0.1) is 0 Å². The van der Waals surface area contributed by atoms with E-state index in [1.807, 2.05) is 0 Å². The molecule has 1 unspecified atom stereocenters. The molecule has 0 spiro atoms. The van der Waals surface area contributed by atoms with Gasteiger partial charge >= 0.3 is 86.9 Å². The van der Waals surface area contributed by atoms with E-state index in [1.54, 1.807) is 0 Å². The predicted molar refractivity (Wildman–Crippen MR) is 62.7 cm³/mol. The molecule has 3 heteroatoms. The van der Waals surface area contributed by atoms with Gasteiger partial charge in [0.2, 0.25) is 0 Å². The number of hydrogen-bond acceptors (Lipinski definition) is 1. The predicted octanol–water partition coefficient (Wildman–Crippen LogP) is 2.26. The molecule has 1 rings (SSSR count). The van der Waals surface area contributed by atoms with Crippen LogP contribution in [0.15, 0.2) is 30.3 Å². The van der Waals surface area contributed by atoms with Crippen molar-refractivity contribution in [1.29, 1.82) is 0 Å². The third kappa shape index (κ3) is 5.46. The molecular weight excluding hydrogens is 240 g/mol. The van der Waals surface area contributed by atoms with Gasteiger partial charge in [-0.3, -0.25) is 0 Å². The molecule has 1 nitrogen and oxygen atoms in total. The van der Waals surface area contributed by atoms with E-state index in [1.165, 1.54) is 11.5 Å². The van der Waals surface area contributed by atoms with Crippen molar-refractivity contribution < 1.29 is 3.76 Å². The van der Waals surface area contributed by atoms with Crippen molar-refractivity contribution in [3.63, 3.8) is 0 Å². The van der Waals surface area contributed by atoms with E-state index < -0.39 is 14.7 Å². The molecule has 0 bridgehead atoms. The average molecular weight is 256 g/mol. The molecule has 71 valence electrons. The van der Waals surface area contributed by atoms with Crippen LogP contribution in [0.4, 0.5) is 0 Å². The normalized spacial score (nSPS) is 11.6. The fraction of sp³-hybridized carbons (Fsp3) is 0.400. The summed E-state index contributed by atoms with van der Waals surface area (Å²) in [6.07, 6.45) is 1.18. The van der Waals surface area contributed by atoms with E-state index >= 15 is 0 Å². The number of hydrogen-bond donors (Lipinski definition) is 0. The standard InChI is InChI=1S/C10H16GeOP/c1-11(2)12-8-9-13-10-6-4-3-5-7-10/h3-7,13H,8-9H2,1-2H3. The summed E-state index contributed by atoms with van der Waals surface area (Å²) in [5.41, 5.74) is 0. The molecule has 0 heterocycles. The second-order valence-corrected chi connectivity index (χ2v) is 8.90. The zero-order valence-electron chi connectivity index (χ0n) is 8.21. The van der Waals surface area contributed by atoms with Crippen LogP contribution in [0.5, 0.6) is 0 Å². The van der Waals surface area contributed by atoms with Crippen molar-refractivity contribution in [1.82, 2.24) is 0 Å². The van der Waals surface area contributed by atoms with Crippen LogP contribution >= 0.6 is 8.58 Å². The van der Waals surface area contributed by atoms with Crippen molar-refractivity contribution in [3.05, 3.63) is 30.3 Å². The molecule has 0 aliphatic heterocycles. The van der Waals surface area contributed by atoms with Crippen LogP contribution in [-0.2, 0) is 3.76 Å². The molecule has 0 saturated heterocycles. The van der Waals surface area contributed by atoms with Crippen LogP contribution in [0.1, 0.15) is 0 Å². The first-order chi connectivity index (χ1) is 6.29. The van der Waals surface area contributed by atoms with Gasteiger partial charge in [-0.05, 0) is 0 Å². The first kappa shape index (κ1) is 11.2. The molecule has 0 N–H and O–H groups in total. The summed E-state index contributed by atoms with van der Waals surface area (Å²) in [4.78, 5) is 0. The second-order valence-electron chi connectivity index (χ2n) is 3.05. The van der Waals surface area contributed by atoms with E-state index in [0.29, 0.717) is 0 Å². The summed E-state index contributed by atoms with van der Waals surface area (Å²) in [6.45, 7) is 0.954. The fourth-order valence-corrected chi connectivity index (χ4v) is 3.43. The maximum atomic E-state index is 5.64. The van der Waals surface area contributed by atoms with Gasteiger partial charge in [0.25, 0.3) is 0 Å². The zero-order chi connectivity index (χ0) is 9.52. The summed E-state index contributed by atoms with van der Waals surface area (Å²) in [5, 5.41) is 1.44. The van der Waals surface area contributed by atoms with Gasteiger partial charge in [0, 0.05) is 0 Å². The average Bonchev–Trinajstić information content (AvgIpc) is 2.14. The summed E-state index contributed by atoms with van der Waals surface area (Å²) in [6, 6.07) is 10.6. The van der Waals surface area contributed by atoms with Crippen molar-refractivity contribution in [3.8, 4) is 0 Å². The molecule has 13 heavy (non-hydrogen) atoms. The Hall–Kier alpha value is 0.153. The summed E-state index contributed by atoms with van der Waals surface area (Å²) in [7, 11) is 0.906. The summed E-state index contributed by atoms with van der Waals surface area (Å²) in [5.74, 6) is 4.48. The van der Waals surface area contributed by atoms with E-state index in [9.17, 15) is 0 Å².